The summed E-state index contributed by atoms with van der Waals surface area (Å²) < 4.78 is 0. The number of hydrogen-bond acceptors (Lipinski definition) is 3. The van der Waals surface area contributed by atoms with E-state index in [0.29, 0.717) is 0 Å². The van der Waals surface area contributed by atoms with Crippen molar-refractivity contribution in [3.05, 3.63) is 45.1 Å². The predicted octanol–water partition coefficient (Wildman–Crippen LogP) is 3.95. The third-order valence-corrected chi connectivity index (χ3v) is 3.67. The van der Waals surface area contributed by atoms with E-state index in [4.69, 9.17) is 16.7 Å². The SMILES string of the molecule is Cc1cccc(Nc2cscc2CO)c1Cl. The number of halogens is 1. The summed E-state index contributed by atoms with van der Waals surface area (Å²) in [4.78, 5) is 0. The van der Waals surface area contributed by atoms with Crippen LogP contribution in [0.5, 0.6) is 0 Å². The van der Waals surface area contributed by atoms with Crippen LogP contribution < -0.4 is 5.32 Å². The average molecular weight is 254 g/mol. The van der Waals surface area contributed by atoms with Crippen molar-refractivity contribution >= 4 is 34.3 Å². The molecule has 0 saturated heterocycles. The first-order valence-electron chi connectivity index (χ1n) is 4.90. The number of benzene rings is 1. The molecular weight excluding hydrogens is 242 g/mol. The molecule has 0 atom stereocenters. The first-order valence-corrected chi connectivity index (χ1v) is 6.22. The molecule has 2 nitrogen and oxygen atoms in total. The van der Waals surface area contributed by atoms with Crippen molar-refractivity contribution in [3.8, 4) is 0 Å². The van der Waals surface area contributed by atoms with Crippen molar-refractivity contribution in [1.82, 2.24) is 0 Å². The summed E-state index contributed by atoms with van der Waals surface area (Å²) in [6, 6.07) is 5.84. The molecule has 4 heteroatoms. The fourth-order valence-corrected chi connectivity index (χ4v) is 2.40. The van der Waals surface area contributed by atoms with Gasteiger partial charge in [0.05, 0.1) is 23.0 Å². The van der Waals surface area contributed by atoms with Crippen LogP contribution in [-0.4, -0.2) is 5.11 Å². The molecule has 84 valence electrons. The molecule has 1 heterocycles. The van der Waals surface area contributed by atoms with Crippen LogP contribution in [0.3, 0.4) is 0 Å². The van der Waals surface area contributed by atoms with Gasteiger partial charge in [-0.1, -0.05) is 23.7 Å². The maximum absolute atomic E-state index is 9.14. The summed E-state index contributed by atoms with van der Waals surface area (Å²) >= 11 is 7.74. The smallest absolute Gasteiger partial charge is 0.0710 e. The molecule has 0 aliphatic rings. The zero-order valence-electron chi connectivity index (χ0n) is 8.83. The fraction of sp³-hybridized carbons (Fsp3) is 0.167. The average Bonchev–Trinajstić information content (AvgIpc) is 2.72. The lowest BCUT2D eigenvalue weighted by atomic mass is 10.2. The minimum atomic E-state index is 0.0370. The number of aliphatic hydroxyl groups excluding tert-OH is 1. The Morgan fingerprint density at radius 1 is 1.31 bits per heavy atom. The number of anilines is 2. The molecule has 0 bridgehead atoms. The Hall–Kier alpha value is -1.03. The van der Waals surface area contributed by atoms with Crippen molar-refractivity contribution in [3.63, 3.8) is 0 Å². The molecular formula is C12H12ClNOS. The van der Waals surface area contributed by atoms with Crippen LogP contribution >= 0.6 is 22.9 Å². The fourth-order valence-electron chi connectivity index (χ4n) is 1.44. The molecule has 1 aromatic carbocycles. The van der Waals surface area contributed by atoms with Crippen LogP contribution in [-0.2, 0) is 6.61 Å². The Balaban J connectivity index is 2.30. The van der Waals surface area contributed by atoms with Gasteiger partial charge in [0.25, 0.3) is 0 Å². The summed E-state index contributed by atoms with van der Waals surface area (Å²) in [6.07, 6.45) is 0. The van der Waals surface area contributed by atoms with E-state index in [1.807, 2.05) is 35.9 Å². The van der Waals surface area contributed by atoms with Crippen LogP contribution in [0.2, 0.25) is 5.02 Å². The van der Waals surface area contributed by atoms with Gasteiger partial charge in [-0.2, -0.15) is 0 Å². The lowest BCUT2D eigenvalue weighted by Gasteiger charge is -2.09. The van der Waals surface area contributed by atoms with E-state index in [2.05, 4.69) is 5.32 Å². The molecule has 0 fully saturated rings. The van der Waals surface area contributed by atoms with Crippen molar-refractivity contribution < 1.29 is 5.11 Å². The summed E-state index contributed by atoms with van der Waals surface area (Å²) in [5.74, 6) is 0. The van der Waals surface area contributed by atoms with E-state index in [0.717, 1.165) is 27.5 Å². The lowest BCUT2D eigenvalue weighted by Crippen LogP contribution is -1.94. The molecule has 2 rings (SSSR count). The number of hydrogen-bond donors (Lipinski definition) is 2. The number of nitrogens with one attached hydrogen (secondary N) is 1. The molecule has 0 saturated carbocycles. The first-order chi connectivity index (χ1) is 7.72. The Kier molecular flexibility index (Phi) is 3.49. The van der Waals surface area contributed by atoms with Gasteiger partial charge in [-0.15, -0.1) is 11.3 Å². The quantitative estimate of drug-likeness (QED) is 0.868. The number of rotatable bonds is 3. The Morgan fingerprint density at radius 3 is 2.88 bits per heavy atom. The van der Waals surface area contributed by atoms with Crippen molar-refractivity contribution in [2.45, 2.75) is 13.5 Å². The maximum atomic E-state index is 9.14. The number of thiophene rings is 1. The minimum Gasteiger partial charge on any atom is -0.392 e. The van der Waals surface area contributed by atoms with Gasteiger partial charge in [0.15, 0.2) is 0 Å². The molecule has 2 N–H and O–H groups in total. The first kappa shape index (κ1) is 11.5. The largest absolute Gasteiger partial charge is 0.392 e. The molecule has 16 heavy (non-hydrogen) atoms. The van der Waals surface area contributed by atoms with Crippen molar-refractivity contribution in [2.75, 3.05) is 5.32 Å². The van der Waals surface area contributed by atoms with E-state index < -0.39 is 0 Å². The molecule has 0 amide bonds. The summed E-state index contributed by atoms with van der Waals surface area (Å²) in [6.45, 7) is 2.00. The van der Waals surface area contributed by atoms with E-state index >= 15 is 0 Å². The van der Waals surface area contributed by atoms with Gasteiger partial charge >= 0.3 is 0 Å². The lowest BCUT2D eigenvalue weighted by molar-refractivity contribution is 0.283. The monoisotopic (exact) mass is 253 g/mol. The van der Waals surface area contributed by atoms with Crippen molar-refractivity contribution in [1.29, 1.82) is 0 Å². The second-order valence-corrected chi connectivity index (χ2v) is 4.65. The molecule has 2 aromatic rings. The van der Waals surface area contributed by atoms with Gasteiger partial charge in [-0.3, -0.25) is 0 Å². The highest BCUT2D eigenvalue weighted by Gasteiger charge is 2.06. The zero-order chi connectivity index (χ0) is 11.5. The molecule has 0 radical (unpaired) electrons. The van der Waals surface area contributed by atoms with Crippen LogP contribution in [0.4, 0.5) is 11.4 Å². The minimum absolute atomic E-state index is 0.0370. The normalized spacial score (nSPS) is 10.4. The highest BCUT2D eigenvalue weighted by Crippen LogP contribution is 2.31. The van der Waals surface area contributed by atoms with Crippen LogP contribution in [0.1, 0.15) is 11.1 Å². The predicted molar refractivity (Wildman–Crippen MR) is 69.7 cm³/mol. The Bertz CT molecular complexity index is 496. The summed E-state index contributed by atoms with van der Waals surface area (Å²) in [5, 5.41) is 17.0. The highest BCUT2D eigenvalue weighted by atomic mass is 35.5. The van der Waals surface area contributed by atoms with E-state index in [-0.39, 0.29) is 6.61 Å². The second-order valence-electron chi connectivity index (χ2n) is 3.53. The third kappa shape index (κ3) is 2.21. The highest BCUT2D eigenvalue weighted by molar-refractivity contribution is 7.08. The van der Waals surface area contributed by atoms with Gasteiger partial charge in [-0.05, 0) is 23.9 Å². The molecule has 1 aromatic heterocycles. The van der Waals surface area contributed by atoms with E-state index in [1.54, 1.807) is 11.3 Å². The summed E-state index contributed by atoms with van der Waals surface area (Å²) in [7, 11) is 0. The molecule has 0 aliphatic heterocycles. The molecule has 0 unspecified atom stereocenters. The van der Waals surface area contributed by atoms with Crippen molar-refractivity contribution in [2.24, 2.45) is 0 Å². The Morgan fingerprint density at radius 2 is 2.12 bits per heavy atom. The van der Waals surface area contributed by atoms with Gasteiger partial charge in [0.1, 0.15) is 0 Å². The number of aliphatic hydroxyl groups is 1. The second kappa shape index (κ2) is 4.87. The van der Waals surface area contributed by atoms with Crippen LogP contribution in [0.15, 0.2) is 29.0 Å². The zero-order valence-corrected chi connectivity index (χ0v) is 10.4. The molecule has 0 spiro atoms. The standard InChI is InChI=1S/C12H12ClNOS/c1-8-3-2-4-10(12(8)13)14-11-7-16-6-9(11)5-15/h2-4,6-7,14-15H,5H2,1H3. The topological polar surface area (TPSA) is 32.3 Å². The van der Waals surface area contributed by atoms with Crippen LogP contribution in [0, 0.1) is 6.92 Å². The van der Waals surface area contributed by atoms with Gasteiger partial charge in [0.2, 0.25) is 0 Å². The van der Waals surface area contributed by atoms with E-state index in [1.165, 1.54) is 0 Å². The molecule has 0 aliphatic carbocycles. The number of aryl methyl sites for hydroxylation is 1. The Labute approximate surface area is 104 Å². The van der Waals surface area contributed by atoms with E-state index in [9.17, 15) is 0 Å². The third-order valence-electron chi connectivity index (χ3n) is 2.37. The van der Waals surface area contributed by atoms with Gasteiger partial charge in [0, 0.05) is 10.9 Å². The summed E-state index contributed by atoms with van der Waals surface area (Å²) in [5.41, 5.74) is 3.71. The van der Waals surface area contributed by atoms with Gasteiger partial charge < -0.3 is 10.4 Å². The maximum Gasteiger partial charge on any atom is 0.0710 e. The van der Waals surface area contributed by atoms with Crippen LogP contribution in [0.25, 0.3) is 0 Å². The van der Waals surface area contributed by atoms with Gasteiger partial charge in [-0.25, -0.2) is 0 Å².